The second-order valence-electron chi connectivity index (χ2n) is 4.35. The van der Waals surface area contributed by atoms with Crippen LogP contribution in [0.2, 0.25) is 0 Å². The van der Waals surface area contributed by atoms with E-state index in [0.29, 0.717) is 15.8 Å². The van der Waals surface area contributed by atoms with E-state index < -0.39 is 0 Å². The first kappa shape index (κ1) is 15.5. The van der Waals surface area contributed by atoms with Crippen molar-refractivity contribution in [2.75, 3.05) is 0 Å². The van der Waals surface area contributed by atoms with Gasteiger partial charge in [-0.1, -0.05) is 15.9 Å². The van der Waals surface area contributed by atoms with Crippen LogP contribution in [0.3, 0.4) is 0 Å². The van der Waals surface area contributed by atoms with E-state index in [1.807, 2.05) is 22.8 Å². The van der Waals surface area contributed by atoms with Crippen molar-refractivity contribution in [3.63, 3.8) is 0 Å². The number of halogens is 5. The third-order valence-corrected chi connectivity index (χ3v) is 5.01. The van der Waals surface area contributed by atoms with Crippen molar-refractivity contribution in [1.82, 2.24) is 9.55 Å². The van der Waals surface area contributed by atoms with Gasteiger partial charge in [-0.25, -0.2) is 9.37 Å². The number of benzene rings is 2. The summed E-state index contributed by atoms with van der Waals surface area (Å²) in [6, 6.07) is 8.93. The first-order chi connectivity index (χ1) is 10.0. The summed E-state index contributed by atoms with van der Waals surface area (Å²) in [4.78, 5) is 4.41. The summed E-state index contributed by atoms with van der Waals surface area (Å²) in [5, 5.41) is 0. The van der Waals surface area contributed by atoms with Crippen LogP contribution in [0.15, 0.2) is 43.7 Å². The Morgan fingerprint density at radius 3 is 2.52 bits per heavy atom. The van der Waals surface area contributed by atoms with E-state index in [4.69, 9.17) is 11.6 Å². The van der Waals surface area contributed by atoms with Crippen LogP contribution in [0, 0.1) is 5.82 Å². The molecule has 0 aliphatic rings. The number of nitrogens with zero attached hydrogens (tertiary/aromatic N) is 2. The van der Waals surface area contributed by atoms with Gasteiger partial charge in [-0.15, -0.1) is 11.6 Å². The monoisotopic (exact) mass is 494 g/mol. The van der Waals surface area contributed by atoms with Crippen LogP contribution in [-0.2, 0) is 5.88 Å². The van der Waals surface area contributed by atoms with Gasteiger partial charge in [-0.05, 0) is 56.1 Å². The first-order valence-electron chi connectivity index (χ1n) is 5.89. The van der Waals surface area contributed by atoms with E-state index in [1.165, 1.54) is 6.07 Å². The highest BCUT2D eigenvalue weighted by Crippen LogP contribution is 2.32. The largest absolute Gasteiger partial charge is 0.294 e. The number of rotatable bonds is 2. The molecular weight excluding hydrogens is 490 g/mol. The molecular formula is C14H7Br3ClFN2. The molecule has 3 rings (SSSR count). The van der Waals surface area contributed by atoms with E-state index in [2.05, 4.69) is 52.8 Å². The molecule has 21 heavy (non-hydrogen) atoms. The van der Waals surface area contributed by atoms with E-state index >= 15 is 0 Å². The number of hydrogen-bond donors (Lipinski definition) is 0. The third-order valence-electron chi connectivity index (χ3n) is 3.04. The van der Waals surface area contributed by atoms with Crippen molar-refractivity contribution in [2.24, 2.45) is 0 Å². The molecule has 2 aromatic carbocycles. The fourth-order valence-electron chi connectivity index (χ4n) is 2.14. The Kier molecular flexibility index (Phi) is 4.41. The maximum Gasteiger partial charge on any atom is 0.139 e. The molecule has 0 aliphatic carbocycles. The molecule has 0 atom stereocenters. The van der Waals surface area contributed by atoms with Crippen LogP contribution in [0.1, 0.15) is 5.82 Å². The van der Waals surface area contributed by atoms with Crippen molar-refractivity contribution in [1.29, 1.82) is 0 Å². The molecule has 0 spiro atoms. The molecule has 2 nitrogen and oxygen atoms in total. The quantitative estimate of drug-likeness (QED) is 0.386. The Morgan fingerprint density at radius 2 is 1.86 bits per heavy atom. The number of fused-ring (bicyclic) bond motifs is 1. The summed E-state index contributed by atoms with van der Waals surface area (Å²) >= 11 is 16.2. The molecule has 0 saturated heterocycles. The van der Waals surface area contributed by atoms with Gasteiger partial charge in [0.25, 0.3) is 0 Å². The second-order valence-corrected chi connectivity index (χ2v) is 7.24. The van der Waals surface area contributed by atoms with Gasteiger partial charge >= 0.3 is 0 Å². The van der Waals surface area contributed by atoms with Crippen LogP contribution >= 0.6 is 59.4 Å². The molecule has 1 heterocycles. The highest BCUT2D eigenvalue weighted by Gasteiger charge is 2.16. The minimum absolute atomic E-state index is 0.233. The van der Waals surface area contributed by atoms with Gasteiger partial charge in [0.15, 0.2) is 0 Å². The maximum atomic E-state index is 13.7. The zero-order chi connectivity index (χ0) is 15.1. The lowest BCUT2D eigenvalue weighted by Crippen LogP contribution is -2.00. The predicted octanol–water partition coefficient (Wildman–Crippen LogP) is 6.19. The lowest BCUT2D eigenvalue weighted by molar-refractivity contribution is 0.623. The molecule has 7 heteroatoms. The van der Waals surface area contributed by atoms with E-state index in [9.17, 15) is 4.39 Å². The smallest absolute Gasteiger partial charge is 0.139 e. The topological polar surface area (TPSA) is 17.8 Å². The van der Waals surface area contributed by atoms with Crippen molar-refractivity contribution in [3.8, 4) is 5.69 Å². The van der Waals surface area contributed by atoms with E-state index in [0.717, 1.165) is 20.1 Å². The minimum atomic E-state index is -0.344. The average molecular weight is 497 g/mol. The SMILES string of the molecule is Fc1cc2nc(CCl)n(-c3ccc(Br)cc3Br)c2cc1Br. The molecule has 1 aromatic heterocycles. The Bertz CT molecular complexity index is 848. The van der Waals surface area contributed by atoms with Crippen LogP contribution < -0.4 is 0 Å². The predicted molar refractivity (Wildman–Crippen MR) is 93.7 cm³/mol. The van der Waals surface area contributed by atoms with Crippen LogP contribution in [0.5, 0.6) is 0 Å². The summed E-state index contributed by atoms with van der Waals surface area (Å²) in [6.45, 7) is 0. The van der Waals surface area contributed by atoms with Gasteiger partial charge in [0, 0.05) is 15.0 Å². The van der Waals surface area contributed by atoms with Crippen LogP contribution in [0.25, 0.3) is 16.7 Å². The fourth-order valence-corrected chi connectivity index (χ4v) is 3.88. The van der Waals surface area contributed by atoms with Crippen molar-refractivity contribution < 1.29 is 4.39 Å². The standard InChI is InChI=1S/C14H7Br3ClFN2/c15-7-1-2-12(9(17)3-7)21-13-4-8(16)10(19)5-11(13)20-14(21)6-18/h1-5H,6H2. The Hall–Kier alpha value is -0.430. The van der Waals surface area contributed by atoms with Gasteiger partial charge in [0.05, 0.1) is 27.1 Å². The lowest BCUT2D eigenvalue weighted by atomic mass is 10.2. The number of imidazole rings is 1. The van der Waals surface area contributed by atoms with Gasteiger partial charge in [-0.2, -0.15) is 0 Å². The zero-order valence-electron chi connectivity index (χ0n) is 10.4. The first-order valence-corrected chi connectivity index (χ1v) is 8.80. The lowest BCUT2D eigenvalue weighted by Gasteiger charge is -2.10. The summed E-state index contributed by atoms with van der Waals surface area (Å²) in [5.41, 5.74) is 2.26. The number of aromatic nitrogens is 2. The molecule has 0 N–H and O–H groups in total. The molecule has 0 radical (unpaired) electrons. The van der Waals surface area contributed by atoms with E-state index in [-0.39, 0.29) is 11.7 Å². The van der Waals surface area contributed by atoms with Crippen LogP contribution in [-0.4, -0.2) is 9.55 Å². The van der Waals surface area contributed by atoms with Crippen molar-refractivity contribution in [3.05, 3.63) is 55.4 Å². The molecule has 108 valence electrons. The summed E-state index contributed by atoms with van der Waals surface area (Å²) < 4.78 is 17.8. The second kappa shape index (κ2) is 5.99. The summed E-state index contributed by atoms with van der Waals surface area (Å²) in [7, 11) is 0. The van der Waals surface area contributed by atoms with Crippen LogP contribution in [0.4, 0.5) is 4.39 Å². The highest BCUT2D eigenvalue weighted by atomic mass is 79.9. The molecule has 0 saturated carbocycles. The van der Waals surface area contributed by atoms with Gasteiger partial charge in [-0.3, -0.25) is 4.57 Å². The minimum Gasteiger partial charge on any atom is -0.294 e. The fraction of sp³-hybridized carbons (Fsp3) is 0.0714. The Labute approximate surface area is 150 Å². The highest BCUT2D eigenvalue weighted by molar-refractivity contribution is 9.11. The van der Waals surface area contributed by atoms with Crippen molar-refractivity contribution >= 4 is 70.4 Å². The normalized spacial score (nSPS) is 11.3. The molecule has 0 bridgehead atoms. The maximum absolute atomic E-state index is 13.7. The van der Waals surface area contributed by atoms with Gasteiger partial charge in [0.2, 0.25) is 0 Å². The molecule has 0 amide bonds. The molecule has 0 fully saturated rings. The van der Waals surface area contributed by atoms with E-state index in [1.54, 1.807) is 6.07 Å². The molecule has 0 aliphatic heterocycles. The molecule has 3 aromatic rings. The summed E-state index contributed by atoms with van der Waals surface area (Å²) in [5.74, 6) is 0.548. The van der Waals surface area contributed by atoms with Gasteiger partial charge in [0.1, 0.15) is 11.6 Å². The van der Waals surface area contributed by atoms with Gasteiger partial charge < -0.3 is 0 Å². The third kappa shape index (κ3) is 2.79. The van der Waals surface area contributed by atoms with Crippen molar-refractivity contribution in [2.45, 2.75) is 5.88 Å². The average Bonchev–Trinajstić information content (AvgIpc) is 2.77. The number of hydrogen-bond acceptors (Lipinski definition) is 1. The zero-order valence-corrected chi connectivity index (χ0v) is 15.9. The Morgan fingerprint density at radius 1 is 1.10 bits per heavy atom. The number of alkyl halides is 1. The summed E-state index contributed by atoms with van der Waals surface area (Å²) in [6.07, 6.45) is 0. The Balaban J connectivity index is 2.37. The molecule has 0 unspecified atom stereocenters.